The lowest BCUT2D eigenvalue weighted by Crippen LogP contribution is -2.39. The Morgan fingerprint density at radius 3 is 2.57 bits per heavy atom. The number of carboxylic acids is 1. The van der Waals surface area contributed by atoms with Crippen LogP contribution in [0.1, 0.15) is 20.3 Å². The number of pyridine rings is 1. The van der Waals surface area contributed by atoms with Crippen LogP contribution in [0.15, 0.2) is 23.1 Å². The molecule has 0 unspecified atom stereocenters. The SMILES string of the molecule is CC(C)CN(CCC(=O)O)C(=O)Cn1cc([N+](=O)[O-])ccc1=O. The highest BCUT2D eigenvalue weighted by atomic mass is 16.6. The molecule has 0 aromatic carbocycles. The van der Waals surface area contributed by atoms with Crippen LogP contribution in [0.2, 0.25) is 0 Å². The number of rotatable bonds is 8. The molecule has 1 N–H and O–H groups in total. The summed E-state index contributed by atoms with van der Waals surface area (Å²) in [5.41, 5.74) is -0.829. The Kier molecular flexibility index (Phi) is 6.43. The summed E-state index contributed by atoms with van der Waals surface area (Å²) in [5.74, 6) is -1.36. The van der Waals surface area contributed by atoms with Crippen LogP contribution in [0.5, 0.6) is 0 Å². The second-order valence-electron chi connectivity index (χ2n) is 5.49. The van der Waals surface area contributed by atoms with Crippen molar-refractivity contribution in [2.75, 3.05) is 13.1 Å². The van der Waals surface area contributed by atoms with Crippen LogP contribution in [-0.2, 0) is 16.1 Å². The van der Waals surface area contributed by atoms with Crippen LogP contribution in [0.3, 0.4) is 0 Å². The number of amides is 1. The van der Waals surface area contributed by atoms with Gasteiger partial charge < -0.3 is 10.0 Å². The predicted octanol–water partition coefficient (Wildman–Crippen LogP) is 0.716. The van der Waals surface area contributed by atoms with Crippen LogP contribution in [0.4, 0.5) is 5.69 Å². The molecule has 1 aromatic heterocycles. The minimum atomic E-state index is -1.03. The molecule has 9 heteroatoms. The van der Waals surface area contributed by atoms with E-state index in [0.29, 0.717) is 6.54 Å². The Morgan fingerprint density at radius 2 is 2.04 bits per heavy atom. The Hall–Kier alpha value is -2.71. The fourth-order valence-electron chi connectivity index (χ4n) is 1.99. The van der Waals surface area contributed by atoms with Crippen molar-refractivity contribution in [3.63, 3.8) is 0 Å². The molecular weight excluding hydrogens is 306 g/mol. The molecule has 0 aliphatic carbocycles. The fourth-order valence-corrected chi connectivity index (χ4v) is 1.99. The second-order valence-corrected chi connectivity index (χ2v) is 5.49. The van der Waals surface area contributed by atoms with Crippen molar-refractivity contribution >= 4 is 17.6 Å². The largest absolute Gasteiger partial charge is 0.481 e. The molecule has 0 bridgehead atoms. The average Bonchev–Trinajstić information content (AvgIpc) is 2.44. The quantitative estimate of drug-likeness (QED) is 0.555. The van der Waals surface area contributed by atoms with Crippen molar-refractivity contribution < 1.29 is 19.6 Å². The number of hydrogen-bond acceptors (Lipinski definition) is 5. The third kappa shape index (κ3) is 5.89. The lowest BCUT2D eigenvalue weighted by atomic mass is 10.2. The van der Waals surface area contributed by atoms with Gasteiger partial charge in [0.2, 0.25) is 5.91 Å². The van der Waals surface area contributed by atoms with Crippen molar-refractivity contribution in [1.29, 1.82) is 0 Å². The molecular formula is C14H19N3O6. The maximum Gasteiger partial charge on any atom is 0.305 e. The summed E-state index contributed by atoms with van der Waals surface area (Å²) in [6.07, 6.45) is 0.799. The highest BCUT2D eigenvalue weighted by molar-refractivity contribution is 5.77. The first kappa shape index (κ1) is 18.3. The van der Waals surface area contributed by atoms with Crippen LogP contribution in [0.25, 0.3) is 0 Å². The second kappa shape index (κ2) is 8.06. The minimum Gasteiger partial charge on any atom is -0.481 e. The van der Waals surface area contributed by atoms with Gasteiger partial charge in [0, 0.05) is 25.2 Å². The lowest BCUT2D eigenvalue weighted by molar-refractivity contribution is -0.385. The Morgan fingerprint density at radius 1 is 1.39 bits per heavy atom. The zero-order chi connectivity index (χ0) is 17.6. The highest BCUT2D eigenvalue weighted by Crippen LogP contribution is 2.07. The first-order chi connectivity index (χ1) is 10.7. The third-order valence-corrected chi connectivity index (χ3v) is 3.02. The molecule has 126 valence electrons. The van der Waals surface area contributed by atoms with Crippen molar-refractivity contribution in [2.24, 2.45) is 5.92 Å². The van der Waals surface area contributed by atoms with E-state index >= 15 is 0 Å². The Bertz CT molecular complexity index is 652. The highest BCUT2D eigenvalue weighted by Gasteiger charge is 2.18. The number of carbonyl (C=O) groups excluding carboxylic acids is 1. The predicted molar refractivity (Wildman–Crippen MR) is 81.0 cm³/mol. The smallest absolute Gasteiger partial charge is 0.305 e. The molecule has 1 rings (SSSR count). The van der Waals surface area contributed by atoms with E-state index in [2.05, 4.69) is 0 Å². The molecule has 0 saturated carbocycles. The third-order valence-electron chi connectivity index (χ3n) is 3.02. The summed E-state index contributed by atoms with van der Waals surface area (Å²) < 4.78 is 0.953. The molecule has 1 heterocycles. The van der Waals surface area contributed by atoms with E-state index in [1.807, 2.05) is 13.8 Å². The van der Waals surface area contributed by atoms with E-state index in [1.165, 1.54) is 4.90 Å². The van der Waals surface area contributed by atoms with Gasteiger partial charge in [-0.3, -0.25) is 29.1 Å². The lowest BCUT2D eigenvalue weighted by Gasteiger charge is -2.24. The minimum absolute atomic E-state index is 0.0238. The standard InChI is InChI=1S/C14H19N3O6/c1-10(2)7-15(6-5-14(20)21)13(19)9-16-8-11(17(22)23)3-4-12(16)18/h3-4,8,10H,5-7,9H2,1-2H3,(H,20,21). The molecule has 1 aromatic rings. The zero-order valence-electron chi connectivity index (χ0n) is 13.0. The van der Waals surface area contributed by atoms with Crippen LogP contribution in [-0.4, -0.2) is 44.5 Å². The summed E-state index contributed by atoms with van der Waals surface area (Å²) in [7, 11) is 0. The molecule has 9 nitrogen and oxygen atoms in total. The van der Waals surface area contributed by atoms with Gasteiger partial charge in [0.1, 0.15) is 6.54 Å². The van der Waals surface area contributed by atoms with E-state index in [0.717, 1.165) is 22.9 Å². The number of carboxylic acid groups (broad SMARTS) is 1. The van der Waals surface area contributed by atoms with Gasteiger partial charge in [-0.2, -0.15) is 0 Å². The van der Waals surface area contributed by atoms with Crippen molar-refractivity contribution in [3.05, 3.63) is 38.8 Å². The summed E-state index contributed by atoms with van der Waals surface area (Å²) in [6, 6.07) is 2.09. The van der Waals surface area contributed by atoms with E-state index in [9.17, 15) is 24.5 Å². The molecule has 0 radical (unpaired) electrons. The van der Waals surface area contributed by atoms with E-state index in [-0.39, 0.29) is 31.1 Å². The first-order valence-electron chi connectivity index (χ1n) is 7.05. The van der Waals surface area contributed by atoms with E-state index in [4.69, 9.17) is 5.11 Å². The molecule has 0 atom stereocenters. The van der Waals surface area contributed by atoms with Crippen LogP contribution < -0.4 is 5.56 Å². The van der Waals surface area contributed by atoms with Crippen molar-refractivity contribution in [3.8, 4) is 0 Å². The monoisotopic (exact) mass is 325 g/mol. The average molecular weight is 325 g/mol. The van der Waals surface area contributed by atoms with E-state index in [1.54, 1.807) is 0 Å². The van der Waals surface area contributed by atoms with Crippen LogP contribution >= 0.6 is 0 Å². The normalized spacial score (nSPS) is 10.6. The molecule has 0 fully saturated rings. The molecule has 0 aliphatic rings. The molecule has 1 amide bonds. The van der Waals surface area contributed by atoms with Crippen molar-refractivity contribution in [2.45, 2.75) is 26.8 Å². The maximum atomic E-state index is 12.3. The summed E-state index contributed by atoms with van der Waals surface area (Å²) in [4.78, 5) is 46.1. The molecule has 0 saturated heterocycles. The van der Waals surface area contributed by atoms with Gasteiger partial charge >= 0.3 is 5.97 Å². The summed E-state index contributed by atoms with van der Waals surface area (Å²) in [6.45, 7) is 3.75. The first-order valence-corrected chi connectivity index (χ1v) is 7.05. The maximum absolute atomic E-state index is 12.3. The number of carbonyl (C=O) groups is 2. The number of aliphatic carboxylic acids is 1. The van der Waals surface area contributed by atoms with Gasteiger partial charge in [0.15, 0.2) is 0 Å². The van der Waals surface area contributed by atoms with E-state index < -0.39 is 22.4 Å². The summed E-state index contributed by atoms with van der Waals surface area (Å²) in [5, 5.41) is 19.5. The Balaban J connectivity index is 2.92. The number of nitro groups is 1. The number of nitrogens with zero attached hydrogens (tertiary/aromatic N) is 3. The Labute approximate surface area is 132 Å². The van der Waals surface area contributed by atoms with Gasteiger partial charge in [0.05, 0.1) is 17.5 Å². The number of hydrogen-bond donors (Lipinski definition) is 1. The topological polar surface area (TPSA) is 123 Å². The molecule has 23 heavy (non-hydrogen) atoms. The van der Waals surface area contributed by atoms with Gasteiger partial charge in [-0.15, -0.1) is 0 Å². The molecule has 0 spiro atoms. The van der Waals surface area contributed by atoms with Gasteiger partial charge in [0.25, 0.3) is 11.2 Å². The van der Waals surface area contributed by atoms with Gasteiger partial charge in [-0.25, -0.2) is 0 Å². The molecule has 0 aliphatic heterocycles. The number of aromatic nitrogens is 1. The van der Waals surface area contributed by atoms with Gasteiger partial charge in [-0.1, -0.05) is 13.8 Å². The zero-order valence-corrected chi connectivity index (χ0v) is 13.0. The van der Waals surface area contributed by atoms with Crippen molar-refractivity contribution in [1.82, 2.24) is 9.47 Å². The summed E-state index contributed by atoms with van der Waals surface area (Å²) >= 11 is 0. The fraction of sp³-hybridized carbons (Fsp3) is 0.500. The van der Waals surface area contributed by atoms with Crippen LogP contribution in [0, 0.1) is 16.0 Å². The van der Waals surface area contributed by atoms with Gasteiger partial charge in [-0.05, 0) is 5.92 Å².